The topological polar surface area (TPSA) is 29.3 Å². The summed E-state index contributed by atoms with van der Waals surface area (Å²) in [5.74, 6) is -1.00. The van der Waals surface area contributed by atoms with Crippen LogP contribution >= 0.6 is 0 Å². The third-order valence-electron chi connectivity index (χ3n) is 2.92. The fourth-order valence-electron chi connectivity index (χ4n) is 1.63. The van der Waals surface area contributed by atoms with Gasteiger partial charge in [0.1, 0.15) is 11.6 Å². The van der Waals surface area contributed by atoms with Crippen LogP contribution in [0.4, 0.5) is 8.78 Å². The Kier molecular flexibility index (Phi) is 5.23. The summed E-state index contributed by atoms with van der Waals surface area (Å²) in [5.41, 5.74) is 6.27. The van der Waals surface area contributed by atoms with Crippen LogP contribution in [-0.4, -0.2) is 30.6 Å². The minimum Gasteiger partial charge on any atom is -0.326 e. The molecule has 0 aliphatic carbocycles. The molecular weight excluding hydrogens is 234 g/mol. The van der Waals surface area contributed by atoms with Gasteiger partial charge in [-0.1, -0.05) is 6.07 Å². The first-order chi connectivity index (χ1) is 8.28. The molecule has 0 bridgehead atoms. The summed E-state index contributed by atoms with van der Waals surface area (Å²) in [4.78, 5) is 2.11. The summed E-state index contributed by atoms with van der Waals surface area (Å²) in [7, 11) is 1.98. The van der Waals surface area contributed by atoms with Gasteiger partial charge in [0, 0.05) is 18.2 Å². The highest BCUT2D eigenvalue weighted by Gasteiger charge is 2.12. The maximum absolute atomic E-state index is 13.4. The molecule has 0 aliphatic heterocycles. The first kappa shape index (κ1) is 15.1. The predicted octanol–water partition coefficient (Wildman–Crippen LogP) is 2.57. The quantitative estimate of drug-likeness (QED) is 0.847. The number of benzene rings is 1. The molecule has 0 saturated heterocycles. The Hall–Kier alpha value is -1.00. The Labute approximate surface area is 108 Å². The second kappa shape index (κ2) is 6.25. The fourth-order valence-corrected chi connectivity index (χ4v) is 1.63. The lowest BCUT2D eigenvalue weighted by atomic mass is 10.0. The van der Waals surface area contributed by atoms with Crippen molar-refractivity contribution in [3.63, 3.8) is 0 Å². The number of hydrogen-bond acceptors (Lipinski definition) is 2. The molecule has 1 aromatic carbocycles. The van der Waals surface area contributed by atoms with Crippen molar-refractivity contribution in [2.24, 2.45) is 5.73 Å². The molecule has 0 aromatic heterocycles. The smallest absolute Gasteiger partial charge is 0.129 e. The summed E-state index contributed by atoms with van der Waals surface area (Å²) in [5, 5.41) is 0. The highest BCUT2D eigenvalue weighted by Crippen LogP contribution is 2.11. The Morgan fingerprint density at radius 1 is 1.22 bits per heavy atom. The molecule has 0 unspecified atom stereocenters. The zero-order valence-electron chi connectivity index (χ0n) is 11.3. The van der Waals surface area contributed by atoms with E-state index in [-0.39, 0.29) is 5.54 Å². The van der Waals surface area contributed by atoms with Crippen LogP contribution in [0.2, 0.25) is 0 Å². The van der Waals surface area contributed by atoms with Crippen LogP contribution in [-0.2, 0) is 6.42 Å². The largest absolute Gasteiger partial charge is 0.326 e. The van der Waals surface area contributed by atoms with Crippen molar-refractivity contribution >= 4 is 0 Å². The van der Waals surface area contributed by atoms with Gasteiger partial charge in [0.15, 0.2) is 0 Å². The Morgan fingerprint density at radius 3 is 2.44 bits per heavy atom. The maximum atomic E-state index is 13.4. The van der Waals surface area contributed by atoms with Crippen molar-refractivity contribution in [3.8, 4) is 0 Å². The zero-order valence-corrected chi connectivity index (χ0v) is 11.3. The van der Waals surface area contributed by atoms with Crippen molar-refractivity contribution in [1.82, 2.24) is 4.90 Å². The average Bonchev–Trinajstić information content (AvgIpc) is 2.24. The summed E-state index contributed by atoms with van der Waals surface area (Å²) < 4.78 is 26.1. The van der Waals surface area contributed by atoms with Gasteiger partial charge < -0.3 is 10.6 Å². The molecule has 0 amide bonds. The predicted molar refractivity (Wildman–Crippen MR) is 70.4 cm³/mol. The lowest BCUT2D eigenvalue weighted by molar-refractivity contribution is 0.297. The third kappa shape index (κ3) is 5.56. The molecule has 18 heavy (non-hydrogen) atoms. The molecule has 0 radical (unpaired) electrons. The average molecular weight is 256 g/mol. The van der Waals surface area contributed by atoms with Crippen LogP contribution in [0.25, 0.3) is 0 Å². The van der Waals surface area contributed by atoms with E-state index in [4.69, 9.17) is 5.73 Å². The molecule has 0 fully saturated rings. The molecule has 2 nitrogen and oxygen atoms in total. The number of nitrogens with two attached hydrogens (primary N) is 1. The fraction of sp³-hybridized carbons (Fsp3) is 0.571. The van der Waals surface area contributed by atoms with Gasteiger partial charge in [-0.2, -0.15) is 0 Å². The number of halogens is 2. The number of likely N-dealkylation sites (N-methyl/N-ethyl adjacent to an activating group) is 1. The van der Waals surface area contributed by atoms with E-state index < -0.39 is 11.6 Å². The van der Waals surface area contributed by atoms with Crippen LogP contribution in [0.15, 0.2) is 18.2 Å². The lowest BCUT2D eigenvalue weighted by Gasteiger charge is -2.23. The summed E-state index contributed by atoms with van der Waals surface area (Å²) in [6.45, 7) is 5.58. The van der Waals surface area contributed by atoms with Crippen molar-refractivity contribution in [1.29, 1.82) is 0 Å². The van der Waals surface area contributed by atoms with E-state index in [1.54, 1.807) is 0 Å². The minimum atomic E-state index is -0.533. The molecule has 0 spiro atoms. The summed E-state index contributed by atoms with van der Waals surface area (Å²) in [6, 6.07) is 3.73. The van der Waals surface area contributed by atoms with Crippen molar-refractivity contribution < 1.29 is 8.78 Å². The van der Waals surface area contributed by atoms with Gasteiger partial charge in [0.2, 0.25) is 0 Å². The van der Waals surface area contributed by atoms with Crippen molar-refractivity contribution in [2.75, 3.05) is 20.1 Å². The molecule has 1 rings (SSSR count). The van der Waals surface area contributed by atoms with Gasteiger partial charge in [-0.05, 0) is 51.9 Å². The monoisotopic (exact) mass is 256 g/mol. The molecule has 102 valence electrons. The highest BCUT2D eigenvalue weighted by molar-refractivity contribution is 5.18. The summed E-state index contributed by atoms with van der Waals surface area (Å²) in [6.07, 6.45) is 1.46. The summed E-state index contributed by atoms with van der Waals surface area (Å²) >= 11 is 0. The molecule has 0 aliphatic rings. The van der Waals surface area contributed by atoms with Crippen LogP contribution in [0.5, 0.6) is 0 Å². The van der Waals surface area contributed by atoms with Crippen LogP contribution in [0.3, 0.4) is 0 Å². The Morgan fingerprint density at radius 2 is 1.89 bits per heavy atom. The maximum Gasteiger partial charge on any atom is 0.129 e. The SMILES string of the molecule is CN(CCc1ccc(F)cc1F)CCC(C)(C)N. The minimum absolute atomic E-state index is 0.185. The van der Waals surface area contributed by atoms with E-state index in [2.05, 4.69) is 4.90 Å². The van der Waals surface area contributed by atoms with Crippen LogP contribution < -0.4 is 5.73 Å². The van der Waals surface area contributed by atoms with Crippen molar-refractivity contribution in [2.45, 2.75) is 32.2 Å². The molecule has 0 heterocycles. The normalized spacial score (nSPS) is 12.2. The number of nitrogens with zero attached hydrogens (tertiary/aromatic N) is 1. The lowest BCUT2D eigenvalue weighted by Crippen LogP contribution is -2.36. The Bertz CT molecular complexity index is 386. The second-order valence-corrected chi connectivity index (χ2v) is 5.53. The van der Waals surface area contributed by atoms with E-state index in [0.29, 0.717) is 12.0 Å². The second-order valence-electron chi connectivity index (χ2n) is 5.53. The molecule has 0 saturated carbocycles. The number of hydrogen-bond donors (Lipinski definition) is 1. The van der Waals surface area contributed by atoms with E-state index in [0.717, 1.165) is 25.6 Å². The Balaban J connectivity index is 2.40. The van der Waals surface area contributed by atoms with Gasteiger partial charge in [0.05, 0.1) is 0 Å². The van der Waals surface area contributed by atoms with Crippen molar-refractivity contribution in [3.05, 3.63) is 35.4 Å². The van der Waals surface area contributed by atoms with E-state index in [1.807, 2.05) is 20.9 Å². The van der Waals surface area contributed by atoms with Gasteiger partial charge >= 0.3 is 0 Å². The molecule has 1 aromatic rings. The standard InChI is InChI=1S/C14H22F2N2/c1-14(2,17)7-9-18(3)8-6-11-4-5-12(15)10-13(11)16/h4-5,10H,6-9,17H2,1-3H3. The van der Waals surface area contributed by atoms with E-state index in [1.165, 1.54) is 12.1 Å². The zero-order chi connectivity index (χ0) is 13.8. The molecule has 2 N–H and O–H groups in total. The van der Waals surface area contributed by atoms with Gasteiger partial charge in [-0.3, -0.25) is 0 Å². The third-order valence-corrected chi connectivity index (χ3v) is 2.92. The van der Waals surface area contributed by atoms with E-state index in [9.17, 15) is 8.78 Å². The van der Waals surface area contributed by atoms with Crippen LogP contribution in [0, 0.1) is 11.6 Å². The number of rotatable bonds is 6. The molecular formula is C14H22F2N2. The van der Waals surface area contributed by atoms with Gasteiger partial charge in [0.25, 0.3) is 0 Å². The van der Waals surface area contributed by atoms with E-state index >= 15 is 0 Å². The molecule has 4 heteroatoms. The van der Waals surface area contributed by atoms with Crippen LogP contribution in [0.1, 0.15) is 25.8 Å². The van der Waals surface area contributed by atoms with Gasteiger partial charge in [-0.25, -0.2) is 8.78 Å². The highest BCUT2D eigenvalue weighted by atomic mass is 19.1. The first-order valence-corrected chi connectivity index (χ1v) is 6.19. The first-order valence-electron chi connectivity index (χ1n) is 6.19. The van der Waals surface area contributed by atoms with Gasteiger partial charge in [-0.15, -0.1) is 0 Å². The molecule has 0 atom stereocenters.